The molecular weight excluding hydrogens is 817 g/mol. The maximum Gasteiger partial charge on any atom is 0.213 e. The number of sulfonamides is 4. The molecule has 0 aromatic heterocycles. The van der Waals surface area contributed by atoms with Gasteiger partial charge in [0, 0.05) is 26.2 Å². The fourth-order valence-corrected chi connectivity index (χ4v) is 8.13. The van der Waals surface area contributed by atoms with E-state index >= 15 is 0 Å². The fourth-order valence-electron chi connectivity index (χ4n) is 5.55. The van der Waals surface area contributed by atoms with Gasteiger partial charge in [-0.1, -0.05) is 111 Å². The van der Waals surface area contributed by atoms with Crippen LogP contribution in [0.15, 0.2) is 97.1 Å². The van der Waals surface area contributed by atoms with E-state index in [1.165, 1.54) is 0 Å². The van der Waals surface area contributed by atoms with Gasteiger partial charge in [-0.2, -0.15) is 0 Å². The predicted molar refractivity (Wildman–Crippen MR) is 238 cm³/mol. The molecule has 58 heavy (non-hydrogen) atoms. The number of benzene rings is 4. The summed E-state index contributed by atoms with van der Waals surface area (Å²) >= 11 is 0. The van der Waals surface area contributed by atoms with E-state index < -0.39 is 50.6 Å². The molecule has 4 rings (SSSR count). The third kappa shape index (κ3) is 17.0. The van der Waals surface area contributed by atoms with Crippen LogP contribution in [0.2, 0.25) is 0 Å². The van der Waals surface area contributed by atoms with Gasteiger partial charge >= 0.3 is 0 Å². The Morgan fingerprint density at radius 3 is 0.897 bits per heavy atom. The Hall–Kier alpha value is -3.48. The summed E-state index contributed by atoms with van der Waals surface area (Å²) in [6.45, 7) is 12.1. The van der Waals surface area contributed by atoms with Crippen LogP contribution in [0.25, 0.3) is 22.3 Å². The van der Waals surface area contributed by atoms with E-state index in [-0.39, 0.29) is 11.8 Å². The second-order valence-electron chi connectivity index (χ2n) is 15.2. The lowest BCUT2D eigenvalue weighted by molar-refractivity contribution is 0.564. The zero-order valence-corrected chi connectivity index (χ0v) is 38.0. The first-order chi connectivity index (χ1) is 27.0. The van der Waals surface area contributed by atoms with E-state index in [4.69, 9.17) is 0 Å². The number of rotatable bonds is 20. The van der Waals surface area contributed by atoms with Crippen molar-refractivity contribution >= 4 is 40.1 Å². The van der Waals surface area contributed by atoms with E-state index in [0.717, 1.165) is 57.0 Å². The van der Waals surface area contributed by atoms with E-state index in [1.54, 1.807) is 27.7 Å². The summed E-state index contributed by atoms with van der Waals surface area (Å²) in [5.41, 5.74) is 8.57. The third-order valence-corrected chi connectivity index (χ3v) is 14.6. The number of hydrogen-bond acceptors (Lipinski definition) is 8. The van der Waals surface area contributed by atoms with Gasteiger partial charge in [-0.25, -0.2) is 52.6 Å². The SMILES string of the molecule is CC(C)S(=O)(=O)NC[C@H](C)c1ccc(-c2ccc(CCNS(C)(=O)=O)cc2)cc1.CC(C)S(=O)(=O)NC[C@H](C)c1ccc(-c2ccc(CCNS(C)(=O)=O)cc2)cc1. The average molecular weight is 877 g/mol. The lowest BCUT2D eigenvalue weighted by Gasteiger charge is -2.15. The highest BCUT2D eigenvalue weighted by Crippen LogP contribution is 2.25. The summed E-state index contributed by atoms with van der Waals surface area (Å²) in [4.78, 5) is 0. The molecule has 12 nitrogen and oxygen atoms in total. The molecule has 320 valence electrons. The Morgan fingerprint density at radius 2 is 0.655 bits per heavy atom. The van der Waals surface area contributed by atoms with Gasteiger partial charge in [0.2, 0.25) is 40.1 Å². The van der Waals surface area contributed by atoms with Crippen LogP contribution in [-0.4, -0.2) is 82.9 Å². The molecule has 0 aliphatic heterocycles. The monoisotopic (exact) mass is 876 g/mol. The van der Waals surface area contributed by atoms with Gasteiger partial charge in [0.1, 0.15) is 0 Å². The van der Waals surface area contributed by atoms with Crippen LogP contribution in [0.4, 0.5) is 0 Å². The summed E-state index contributed by atoms with van der Waals surface area (Å²) < 4.78 is 102. The average Bonchev–Trinajstić information content (AvgIpc) is 3.16. The van der Waals surface area contributed by atoms with Crippen molar-refractivity contribution in [3.8, 4) is 22.3 Å². The van der Waals surface area contributed by atoms with Crippen LogP contribution in [-0.2, 0) is 52.9 Å². The molecule has 4 N–H and O–H groups in total. The lowest BCUT2D eigenvalue weighted by Crippen LogP contribution is -2.33. The third-order valence-electron chi connectivity index (χ3n) is 9.51. The summed E-state index contributed by atoms with van der Waals surface area (Å²) in [5, 5.41) is -0.885. The van der Waals surface area contributed by atoms with E-state index in [9.17, 15) is 33.7 Å². The Labute approximate surface area is 347 Å². The smallest absolute Gasteiger partial charge is 0.213 e. The quantitative estimate of drug-likeness (QED) is 0.0865. The van der Waals surface area contributed by atoms with Gasteiger partial charge in [0.15, 0.2) is 0 Å². The molecule has 0 bridgehead atoms. The maximum absolute atomic E-state index is 11.9. The standard InChI is InChI=1S/2C21H30N2O4S2/c2*1-16(2)29(26,27)23-15-17(3)19-9-11-21(12-10-19)20-7-5-18(6-8-20)13-14-22-28(4,24)25/h2*5-12,16-17,22-23H,13-15H2,1-4H3/t2*17-/m00/s1. The highest BCUT2D eigenvalue weighted by Gasteiger charge is 2.18. The van der Waals surface area contributed by atoms with Crippen LogP contribution >= 0.6 is 0 Å². The van der Waals surface area contributed by atoms with Crippen molar-refractivity contribution in [2.45, 2.75) is 76.7 Å². The highest BCUT2D eigenvalue weighted by atomic mass is 32.2. The van der Waals surface area contributed by atoms with Crippen molar-refractivity contribution in [3.05, 3.63) is 119 Å². The van der Waals surface area contributed by atoms with E-state index in [1.807, 2.05) is 111 Å². The fraction of sp³-hybridized carbons (Fsp3) is 0.429. The Bertz CT molecular complexity index is 2160. The van der Waals surface area contributed by atoms with Crippen LogP contribution in [0.5, 0.6) is 0 Å². The maximum atomic E-state index is 11.9. The predicted octanol–water partition coefficient (Wildman–Crippen LogP) is 5.75. The normalized spacial score (nSPS) is 13.6. The molecule has 2 atom stereocenters. The molecule has 0 aliphatic rings. The van der Waals surface area contributed by atoms with E-state index in [2.05, 4.69) is 18.9 Å². The highest BCUT2D eigenvalue weighted by molar-refractivity contribution is 7.90. The minimum atomic E-state index is -3.26. The first-order valence-electron chi connectivity index (χ1n) is 19.2. The van der Waals surface area contributed by atoms with Crippen LogP contribution in [0.3, 0.4) is 0 Å². The summed E-state index contributed by atoms with van der Waals surface area (Å²) in [5.74, 6) is 0.143. The van der Waals surface area contributed by atoms with Crippen molar-refractivity contribution < 1.29 is 33.7 Å². The van der Waals surface area contributed by atoms with E-state index in [0.29, 0.717) is 39.0 Å². The van der Waals surface area contributed by atoms with Crippen LogP contribution in [0.1, 0.15) is 75.6 Å². The van der Waals surface area contributed by atoms with Gasteiger partial charge in [-0.05, 0) is 96.9 Å². The molecule has 4 aromatic carbocycles. The van der Waals surface area contributed by atoms with Gasteiger partial charge in [0.25, 0.3) is 0 Å². The molecule has 0 amide bonds. The zero-order valence-electron chi connectivity index (χ0n) is 34.7. The summed E-state index contributed by atoms with van der Waals surface area (Å²) in [6.07, 6.45) is 3.58. The Kier molecular flexibility index (Phi) is 18.3. The first kappa shape index (κ1) is 48.9. The number of hydrogen-bond donors (Lipinski definition) is 4. The summed E-state index contributed by atoms with van der Waals surface area (Å²) in [6, 6.07) is 32.3. The molecule has 0 aliphatic carbocycles. The molecule has 4 aromatic rings. The minimum Gasteiger partial charge on any atom is -0.215 e. The molecule has 0 heterocycles. The zero-order chi connectivity index (χ0) is 43.3. The van der Waals surface area contributed by atoms with Crippen molar-refractivity contribution in [1.29, 1.82) is 0 Å². The van der Waals surface area contributed by atoms with Gasteiger partial charge in [-0.3, -0.25) is 0 Å². The topological polar surface area (TPSA) is 185 Å². The second-order valence-corrected chi connectivity index (χ2v) is 23.5. The molecule has 0 fully saturated rings. The molecule has 0 radical (unpaired) electrons. The molecule has 0 saturated heterocycles. The molecule has 0 saturated carbocycles. The van der Waals surface area contributed by atoms with Gasteiger partial charge < -0.3 is 0 Å². The lowest BCUT2D eigenvalue weighted by atomic mass is 9.97. The van der Waals surface area contributed by atoms with Crippen LogP contribution in [0, 0.1) is 0 Å². The molecule has 0 unspecified atom stereocenters. The van der Waals surface area contributed by atoms with Gasteiger partial charge in [0.05, 0.1) is 23.0 Å². The van der Waals surface area contributed by atoms with Crippen LogP contribution < -0.4 is 18.9 Å². The molecular formula is C42H60N4O8S4. The molecule has 16 heteroatoms. The largest absolute Gasteiger partial charge is 0.215 e. The first-order valence-corrected chi connectivity index (χ1v) is 26.1. The summed E-state index contributed by atoms with van der Waals surface area (Å²) in [7, 11) is -12.8. The number of nitrogens with one attached hydrogen (secondary N) is 4. The second kappa shape index (κ2) is 21.7. The van der Waals surface area contributed by atoms with Crippen molar-refractivity contribution in [2.75, 3.05) is 38.7 Å². The van der Waals surface area contributed by atoms with Crippen molar-refractivity contribution in [3.63, 3.8) is 0 Å². The Morgan fingerprint density at radius 1 is 0.397 bits per heavy atom. The Balaban J connectivity index is 0.000000310. The van der Waals surface area contributed by atoms with Crippen molar-refractivity contribution in [2.24, 2.45) is 0 Å². The minimum absolute atomic E-state index is 0.0716. The van der Waals surface area contributed by atoms with Gasteiger partial charge in [-0.15, -0.1) is 0 Å². The molecule has 0 spiro atoms. The van der Waals surface area contributed by atoms with Crippen molar-refractivity contribution in [1.82, 2.24) is 18.9 Å².